The highest BCUT2D eigenvalue weighted by molar-refractivity contribution is 9.10. The van der Waals surface area contributed by atoms with Crippen molar-refractivity contribution in [2.45, 2.75) is 51.0 Å². The Kier molecular flexibility index (Phi) is 6.98. The average Bonchev–Trinajstić information content (AvgIpc) is 2.55. The fourth-order valence-electron chi connectivity index (χ4n) is 2.52. The van der Waals surface area contributed by atoms with E-state index in [1.165, 1.54) is 12.8 Å². The van der Waals surface area contributed by atoms with Crippen LogP contribution in [0.25, 0.3) is 0 Å². The molecule has 0 saturated heterocycles. The number of hydrogen-bond donors (Lipinski definition) is 0. The van der Waals surface area contributed by atoms with Gasteiger partial charge in [-0.3, -0.25) is 0 Å². The normalized spacial score (nSPS) is 13.6. The van der Waals surface area contributed by atoms with Gasteiger partial charge < -0.3 is 4.74 Å². The first-order valence-electron chi connectivity index (χ1n) is 8.18. The maximum Gasteiger partial charge on any atom is 0.134 e. The number of halogens is 2. The molecule has 0 heterocycles. The van der Waals surface area contributed by atoms with Crippen LogP contribution in [0.3, 0.4) is 0 Å². The molecule has 0 aliphatic carbocycles. The van der Waals surface area contributed by atoms with Crippen molar-refractivity contribution in [1.29, 1.82) is 0 Å². The van der Waals surface area contributed by atoms with Gasteiger partial charge in [-0.05, 0) is 52.5 Å². The van der Waals surface area contributed by atoms with E-state index in [1.807, 2.05) is 24.3 Å². The van der Waals surface area contributed by atoms with Crippen molar-refractivity contribution in [3.63, 3.8) is 0 Å². The number of unbranched alkanes of at least 4 members (excludes halogenated alkanes) is 2. The minimum Gasteiger partial charge on any atom is -0.488 e. The molecule has 2 aromatic rings. The molecule has 1 unspecified atom stereocenters. The number of rotatable bonds is 8. The Balaban J connectivity index is 2.08. The number of ether oxygens (including phenoxy) is 1. The SMILES string of the molecule is CCCCCC(C)(Cl)c1ccc(Br)c(OCc2ccccc2)c1. The Bertz CT molecular complexity index is 610. The molecule has 1 nitrogen and oxygen atoms in total. The molecular formula is C20H24BrClO. The molecule has 0 aliphatic heterocycles. The molecular weight excluding hydrogens is 372 g/mol. The van der Waals surface area contributed by atoms with Gasteiger partial charge >= 0.3 is 0 Å². The summed E-state index contributed by atoms with van der Waals surface area (Å²) in [4.78, 5) is -0.347. The molecule has 0 bridgehead atoms. The second kappa shape index (κ2) is 8.75. The van der Waals surface area contributed by atoms with Gasteiger partial charge in [-0.15, -0.1) is 11.6 Å². The lowest BCUT2D eigenvalue weighted by Gasteiger charge is -2.23. The van der Waals surface area contributed by atoms with E-state index in [-0.39, 0.29) is 4.87 Å². The van der Waals surface area contributed by atoms with E-state index in [4.69, 9.17) is 16.3 Å². The highest BCUT2D eigenvalue weighted by Gasteiger charge is 2.24. The van der Waals surface area contributed by atoms with Crippen LogP contribution >= 0.6 is 27.5 Å². The van der Waals surface area contributed by atoms with E-state index in [0.29, 0.717) is 6.61 Å². The summed E-state index contributed by atoms with van der Waals surface area (Å²) in [7, 11) is 0. The summed E-state index contributed by atoms with van der Waals surface area (Å²) in [5.74, 6) is 0.841. The maximum absolute atomic E-state index is 6.77. The molecule has 0 aliphatic rings. The summed E-state index contributed by atoms with van der Waals surface area (Å²) in [5.41, 5.74) is 2.27. The molecule has 23 heavy (non-hydrogen) atoms. The van der Waals surface area contributed by atoms with Gasteiger partial charge in [-0.25, -0.2) is 0 Å². The Morgan fingerprint density at radius 1 is 1.09 bits per heavy atom. The second-order valence-electron chi connectivity index (χ2n) is 6.07. The minimum atomic E-state index is -0.347. The van der Waals surface area contributed by atoms with Gasteiger partial charge in [0.05, 0.1) is 9.35 Å². The highest BCUT2D eigenvalue weighted by Crippen LogP contribution is 2.38. The van der Waals surface area contributed by atoms with Crippen molar-refractivity contribution in [3.05, 3.63) is 64.1 Å². The Morgan fingerprint density at radius 3 is 2.52 bits per heavy atom. The van der Waals surface area contributed by atoms with E-state index in [9.17, 15) is 0 Å². The lowest BCUT2D eigenvalue weighted by molar-refractivity contribution is 0.303. The molecule has 0 aromatic heterocycles. The van der Waals surface area contributed by atoms with Gasteiger partial charge in [0.25, 0.3) is 0 Å². The average molecular weight is 396 g/mol. The van der Waals surface area contributed by atoms with E-state index in [2.05, 4.69) is 54.0 Å². The summed E-state index contributed by atoms with van der Waals surface area (Å²) >= 11 is 10.3. The summed E-state index contributed by atoms with van der Waals surface area (Å²) in [6, 6.07) is 16.3. The minimum absolute atomic E-state index is 0.347. The first-order valence-corrected chi connectivity index (χ1v) is 9.35. The summed E-state index contributed by atoms with van der Waals surface area (Å²) in [6.45, 7) is 4.85. The Morgan fingerprint density at radius 2 is 1.83 bits per heavy atom. The van der Waals surface area contributed by atoms with Crippen molar-refractivity contribution in [1.82, 2.24) is 0 Å². The zero-order chi connectivity index (χ0) is 16.7. The predicted octanol–water partition coefficient (Wildman–Crippen LogP) is 7.06. The Hall–Kier alpha value is -0.990. The van der Waals surface area contributed by atoms with Crippen molar-refractivity contribution < 1.29 is 4.74 Å². The van der Waals surface area contributed by atoms with Gasteiger partial charge in [0.1, 0.15) is 12.4 Å². The maximum atomic E-state index is 6.77. The monoisotopic (exact) mass is 394 g/mol. The zero-order valence-corrected chi connectivity index (χ0v) is 16.2. The van der Waals surface area contributed by atoms with Crippen LogP contribution in [-0.2, 0) is 11.5 Å². The molecule has 1 atom stereocenters. The molecule has 2 aromatic carbocycles. The molecule has 0 saturated carbocycles. The van der Waals surface area contributed by atoms with Crippen LogP contribution in [-0.4, -0.2) is 0 Å². The third kappa shape index (κ3) is 5.54. The second-order valence-corrected chi connectivity index (χ2v) is 7.76. The quantitative estimate of drug-likeness (QED) is 0.343. The molecule has 0 radical (unpaired) electrons. The van der Waals surface area contributed by atoms with Gasteiger partial charge in [-0.2, -0.15) is 0 Å². The number of hydrogen-bond acceptors (Lipinski definition) is 1. The third-order valence-corrected chi connectivity index (χ3v) is 5.08. The van der Waals surface area contributed by atoms with Crippen molar-refractivity contribution in [3.8, 4) is 5.75 Å². The van der Waals surface area contributed by atoms with Crippen LogP contribution in [0.2, 0.25) is 0 Å². The van der Waals surface area contributed by atoms with E-state index >= 15 is 0 Å². The van der Waals surface area contributed by atoms with Gasteiger partial charge in [0, 0.05) is 0 Å². The molecule has 0 N–H and O–H groups in total. The van der Waals surface area contributed by atoms with Gasteiger partial charge in [-0.1, -0.05) is 62.6 Å². The number of benzene rings is 2. The van der Waals surface area contributed by atoms with Crippen LogP contribution in [0.5, 0.6) is 5.75 Å². The lowest BCUT2D eigenvalue weighted by Crippen LogP contribution is -2.14. The molecule has 2 rings (SSSR count). The van der Waals surface area contributed by atoms with E-state index in [1.54, 1.807) is 0 Å². The molecule has 0 amide bonds. The van der Waals surface area contributed by atoms with Crippen molar-refractivity contribution in [2.75, 3.05) is 0 Å². The lowest BCUT2D eigenvalue weighted by atomic mass is 9.94. The fraction of sp³-hybridized carbons (Fsp3) is 0.400. The van der Waals surface area contributed by atoms with Crippen LogP contribution in [0.15, 0.2) is 53.0 Å². The summed E-state index contributed by atoms with van der Waals surface area (Å²) < 4.78 is 6.94. The molecule has 3 heteroatoms. The highest BCUT2D eigenvalue weighted by atomic mass is 79.9. The van der Waals surface area contributed by atoms with Crippen LogP contribution in [0.1, 0.15) is 50.7 Å². The molecule has 124 valence electrons. The zero-order valence-electron chi connectivity index (χ0n) is 13.8. The third-order valence-electron chi connectivity index (χ3n) is 4.02. The summed E-state index contributed by atoms with van der Waals surface area (Å²) in [6.07, 6.45) is 4.55. The van der Waals surface area contributed by atoms with E-state index < -0.39 is 0 Å². The first-order chi connectivity index (χ1) is 11.0. The Labute approximate surface area is 153 Å². The van der Waals surface area contributed by atoms with Crippen LogP contribution < -0.4 is 4.74 Å². The molecule has 0 fully saturated rings. The van der Waals surface area contributed by atoms with Crippen molar-refractivity contribution in [2.24, 2.45) is 0 Å². The van der Waals surface area contributed by atoms with Gasteiger partial charge in [0.2, 0.25) is 0 Å². The topological polar surface area (TPSA) is 9.23 Å². The first kappa shape index (κ1) is 18.4. The smallest absolute Gasteiger partial charge is 0.134 e. The number of alkyl halides is 1. The summed E-state index contributed by atoms with van der Waals surface area (Å²) in [5, 5.41) is 0. The predicted molar refractivity (Wildman–Crippen MR) is 102 cm³/mol. The fourth-order valence-corrected chi connectivity index (χ4v) is 3.14. The van der Waals surface area contributed by atoms with Gasteiger partial charge in [0.15, 0.2) is 0 Å². The van der Waals surface area contributed by atoms with E-state index in [0.717, 1.165) is 34.2 Å². The van der Waals surface area contributed by atoms with Crippen LogP contribution in [0, 0.1) is 0 Å². The van der Waals surface area contributed by atoms with Crippen molar-refractivity contribution >= 4 is 27.5 Å². The largest absolute Gasteiger partial charge is 0.488 e. The standard InChI is InChI=1S/C20H24BrClO/c1-3-4-8-13-20(2,22)17-11-12-18(21)19(14-17)23-15-16-9-6-5-7-10-16/h5-7,9-12,14H,3-4,8,13,15H2,1-2H3. The van der Waals surface area contributed by atoms with Crippen LogP contribution in [0.4, 0.5) is 0 Å². The molecule has 0 spiro atoms.